The van der Waals surface area contributed by atoms with Gasteiger partial charge in [-0.3, -0.25) is 9.59 Å². The minimum absolute atomic E-state index is 0.128. The van der Waals surface area contributed by atoms with Gasteiger partial charge in [-0.2, -0.15) is 0 Å². The number of hydrogen-bond acceptors (Lipinski definition) is 6. The fraction of sp³-hybridized carbons (Fsp3) is 0.524. The highest BCUT2D eigenvalue weighted by atomic mass is 16.2. The minimum Gasteiger partial charge on any atom is -0.339 e. The molecule has 8 nitrogen and oxygen atoms in total. The van der Waals surface area contributed by atoms with Crippen LogP contribution < -0.4 is 15.8 Å². The van der Waals surface area contributed by atoms with Gasteiger partial charge in [0.15, 0.2) is 0 Å². The Morgan fingerprint density at radius 3 is 2.79 bits per heavy atom. The summed E-state index contributed by atoms with van der Waals surface area (Å²) in [5.41, 5.74) is 1.24. The van der Waals surface area contributed by atoms with Crippen molar-refractivity contribution in [2.75, 3.05) is 44.2 Å². The van der Waals surface area contributed by atoms with E-state index in [1.54, 1.807) is 29.4 Å². The maximum Gasteiger partial charge on any atom is 0.263 e. The van der Waals surface area contributed by atoms with E-state index in [1.165, 1.54) is 0 Å². The molecule has 29 heavy (non-hydrogen) atoms. The van der Waals surface area contributed by atoms with E-state index in [0.717, 1.165) is 38.2 Å². The van der Waals surface area contributed by atoms with E-state index in [2.05, 4.69) is 20.2 Å². The Kier molecular flexibility index (Phi) is 4.79. The lowest BCUT2D eigenvalue weighted by Gasteiger charge is -2.37. The van der Waals surface area contributed by atoms with Gasteiger partial charge in [-0.15, -0.1) is 0 Å². The van der Waals surface area contributed by atoms with Crippen LogP contribution in [0.5, 0.6) is 0 Å². The molecule has 0 aromatic carbocycles. The second kappa shape index (κ2) is 7.59. The molecule has 2 aromatic heterocycles. The molecule has 2 aromatic rings. The molecule has 3 aliphatic heterocycles. The predicted octanol–water partition coefficient (Wildman–Crippen LogP) is 0.698. The zero-order valence-electron chi connectivity index (χ0n) is 16.5. The summed E-state index contributed by atoms with van der Waals surface area (Å²) >= 11 is 0. The molecule has 3 aliphatic rings. The van der Waals surface area contributed by atoms with Crippen molar-refractivity contribution >= 4 is 11.9 Å². The molecule has 0 spiro atoms. The molecule has 152 valence electrons. The average molecular weight is 394 g/mol. The fourth-order valence-corrected chi connectivity index (χ4v) is 4.90. The zero-order valence-corrected chi connectivity index (χ0v) is 16.5. The normalized spacial score (nSPS) is 24.0. The molecule has 2 bridgehead atoms. The quantitative estimate of drug-likeness (QED) is 0.807. The molecule has 1 N–H and O–H groups in total. The van der Waals surface area contributed by atoms with E-state index in [9.17, 15) is 9.59 Å². The molecule has 1 amide bonds. The van der Waals surface area contributed by atoms with Crippen molar-refractivity contribution in [3.05, 3.63) is 52.2 Å². The summed E-state index contributed by atoms with van der Waals surface area (Å²) in [4.78, 5) is 38.9. The van der Waals surface area contributed by atoms with Gasteiger partial charge in [0.2, 0.25) is 5.95 Å². The van der Waals surface area contributed by atoms with Crippen LogP contribution in [0.15, 0.2) is 35.4 Å². The SMILES string of the molecule is O=C(c1ccc2n(c1=O)C[C@@H]1CNC[C@H]2C1)N1CCCN(c2ncccn2)CC1. The first-order valence-electron chi connectivity index (χ1n) is 10.5. The van der Waals surface area contributed by atoms with Crippen LogP contribution in [0.3, 0.4) is 0 Å². The molecule has 5 rings (SSSR count). The van der Waals surface area contributed by atoms with Crippen molar-refractivity contribution in [3.8, 4) is 0 Å². The van der Waals surface area contributed by atoms with Gasteiger partial charge in [0, 0.05) is 63.3 Å². The average Bonchev–Trinajstić information content (AvgIpc) is 3.01. The van der Waals surface area contributed by atoms with Crippen molar-refractivity contribution in [1.82, 2.24) is 24.8 Å². The smallest absolute Gasteiger partial charge is 0.263 e. The minimum atomic E-state index is -0.157. The van der Waals surface area contributed by atoms with E-state index in [4.69, 9.17) is 0 Å². The molecule has 0 radical (unpaired) electrons. The Morgan fingerprint density at radius 2 is 1.93 bits per heavy atom. The molecule has 2 saturated heterocycles. The van der Waals surface area contributed by atoms with Crippen molar-refractivity contribution in [3.63, 3.8) is 0 Å². The summed E-state index contributed by atoms with van der Waals surface area (Å²) < 4.78 is 1.86. The molecule has 8 heteroatoms. The standard InChI is InChI=1S/C21H26N6O2/c28-19(25-7-2-8-26(10-9-25)21-23-5-1-6-24-21)17-3-4-18-16-11-15(12-22-13-16)14-27(18)20(17)29/h1,3-6,15-16,22H,2,7-14H2/t15-,16+/m0/s1. The summed E-state index contributed by atoms with van der Waals surface area (Å²) in [7, 11) is 0. The number of fused-ring (bicyclic) bond motifs is 4. The predicted molar refractivity (Wildman–Crippen MR) is 109 cm³/mol. The van der Waals surface area contributed by atoms with Crippen molar-refractivity contribution in [2.45, 2.75) is 25.3 Å². The Labute approximate surface area is 169 Å². The van der Waals surface area contributed by atoms with Gasteiger partial charge < -0.3 is 19.7 Å². The summed E-state index contributed by atoms with van der Waals surface area (Å²) in [6, 6.07) is 5.53. The molecule has 2 fully saturated rings. The third-order valence-electron chi connectivity index (χ3n) is 6.36. The van der Waals surface area contributed by atoms with Crippen molar-refractivity contribution < 1.29 is 4.79 Å². The number of carbonyl (C=O) groups is 1. The number of piperidine rings is 1. The van der Waals surface area contributed by atoms with Crippen LogP contribution in [0.25, 0.3) is 0 Å². The molecular formula is C21H26N6O2. The number of rotatable bonds is 2. The third kappa shape index (κ3) is 3.42. The maximum atomic E-state index is 13.2. The van der Waals surface area contributed by atoms with Crippen molar-refractivity contribution in [2.24, 2.45) is 5.92 Å². The lowest BCUT2D eigenvalue weighted by molar-refractivity contribution is 0.0763. The second-order valence-corrected chi connectivity index (χ2v) is 8.23. The van der Waals surface area contributed by atoms with E-state index in [0.29, 0.717) is 49.5 Å². The number of hydrogen-bond donors (Lipinski definition) is 1. The summed E-state index contributed by atoms with van der Waals surface area (Å²) in [6.07, 6.45) is 5.42. The number of nitrogens with zero attached hydrogens (tertiary/aromatic N) is 5. The Balaban J connectivity index is 1.36. The van der Waals surface area contributed by atoms with Crippen LogP contribution in [0.1, 0.15) is 34.8 Å². The van der Waals surface area contributed by atoms with Gasteiger partial charge in [0.05, 0.1) is 0 Å². The first kappa shape index (κ1) is 18.3. The summed E-state index contributed by atoms with van der Waals surface area (Å²) in [5.74, 6) is 1.38. The highest BCUT2D eigenvalue weighted by molar-refractivity contribution is 5.94. The fourth-order valence-electron chi connectivity index (χ4n) is 4.90. The van der Waals surface area contributed by atoms with Crippen LogP contribution >= 0.6 is 0 Å². The monoisotopic (exact) mass is 394 g/mol. The summed E-state index contributed by atoms with van der Waals surface area (Å²) in [5, 5.41) is 3.46. The number of anilines is 1. The van der Waals surface area contributed by atoms with Gasteiger partial charge >= 0.3 is 0 Å². The maximum absolute atomic E-state index is 13.2. The molecule has 0 unspecified atom stereocenters. The van der Waals surface area contributed by atoms with Crippen LogP contribution in [-0.2, 0) is 6.54 Å². The van der Waals surface area contributed by atoms with E-state index in [-0.39, 0.29) is 11.5 Å². The Morgan fingerprint density at radius 1 is 1.07 bits per heavy atom. The van der Waals surface area contributed by atoms with Crippen LogP contribution in [0.2, 0.25) is 0 Å². The van der Waals surface area contributed by atoms with Gasteiger partial charge in [-0.05, 0) is 43.5 Å². The van der Waals surface area contributed by atoms with E-state index < -0.39 is 0 Å². The highest BCUT2D eigenvalue weighted by Gasteiger charge is 2.32. The largest absolute Gasteiger partial charge is 0.339 e. The highest BCUT2D eigenvalue weighted by Crippen LogP contribution is 2.31. The third-order valence-corrected chi connectivity index (χ3v) is 6.36. The molecule has 5 heterocycles. The van der Waals surface area contributed by atoms with Crippen LogP contribution in [0.4, 0.5) is 5.95 Å². The first-order chi connectivity index (χ1) is 14.2. The number of nitrogens with one attached hydrogen (secondary N) is 1. The van der Waals surface area contributed by atoms with Gasteiger partial charge in [-0.1, -0.05) is 0 Å². The van der Waals surface area contributed by atoms with Crippen LogP contribution in [-0.4, -0.2) is 64.6 Å². The lowest BCUT2D eigenvalue weighted by Crippen LogP contribution is -2.46. The molecular weight excluding hydrogens is 368 g/mol. The number of pyridine rings is 1. The van der Waals surface area contributed by atoms with Gasteiger partial charge in [0.25, 0.3) is 11.5 Å². The Bertz CT molecular complexity index is 959. The molecule has 0 aliphatic carbocycles. The van der Waals surface area contributed by atoms with E-state index >= 15 is 0 Å². The number of aromatic nitrogens is 3. The number of amides is 1. The van der Waals surface area contributed by atoms with Gasteiger partial charge in [-0.25, -0.2) is 9.97 Å². The topological polar surface area (TPSA) is 83.4 Å². The Hall–Kier alpha value is -2.74. The first-order valence-corrected chi connectivity index (χ1v) is 10.5. The van der Waals surface area contributed by atoms with Crippen LogP contribution in [0, 0.1) is 5.92 Å². The lowest BCUT2D eigenvalue weighted by atomic mass is 9.84. The second-order valence-electron chi connectivity index (χ2n) is 8.23. The van der Waals surface area contributed by atoms with Gasteiger partial charge in [0.1, 0.15) is 5.56 Å². The zero-order chi connectivity index (χ0) is 19.8. The van der Waals surface area contributed by atoms with Crippen molar-refractivity contribution in [1.29, 1.82) is 0 Å². The summed E-state index contributed by atoms with van der Waals surface area (Å²) in [6.45, 7) is 5.23. The van der Waals surface area contributed by atoms with E-state index in [1.807, 2.05) is 10.6 Å². The number of carbonyl (C=O) groups excluding carboxylic acids is 1. The molecule has 2 atom stereocenters. The molecule has 0 saturated carbocycles.